The van der Waals surface area contributed by atoms with Crippen LogP contribution >= 0.6 is 11.6 Å². The summed E-state index contributed by atoms with van der Waals surface area (Å²) in [5.41, 5.74) is 6.65. The number of hydrogen-bond acceptors (Lipinski definition) is 4. The first-order valence-corrected chi connectivity index (χ1v) is 6.50. The van der Waals surface area contributed by atoms with Crippen molar-refractivity contribution in [3.8, 4) is 5.75 Å². The van der Waals surface area contributed by atoms with Gasteiger partial charge in [-0.3, -0.25) is 0 Å². The quantitative estimate of drug-likeness (QED) is 0.680. The Labute approximate surface area is 126 Å². The van der Waals surface area contributed by atoms with Crippen LogP contribution < -0.4 is 10.5 Å². The molecule has 2 aromatic carbocycles. The van der Waals surface area contributed by atoms with Gasteiger partial charge in [-0.2, -0.15) is 0 Å². The first-order chi connectivity index (χ1) is 10.0. The lowest BCUT2D eigenvalue weighted by molar-refractivity contribution is -0.147. The van der Waals surface area contributed by atoms with Gasteiger partial charge in [-0.15, -0.1) is 0 Å². The van der Waals surface area contributed by atoms with Gasteiger partial charge in [-0.1, -0.05) is 23.7 Å². The number of benzene rings is 2. The minimum atomic E-state index is -0.558. The number of nitrogens with two attached hydrogens (primary N) is 1. The molecular weight excluding hydrogens is 297 g/mol. The van der Waals surface area contributed by atoms with Crippen molar-refractivity contribution in [2.45, 2.75) is 6.61 Å². The van der Waals surface area contributed by atoms with Gasteiger partial charge < -0.3 is 15.2 Å². The second kappa shape index (κ2) is 6.95. The van der Waals surface area contributed by atoms with Crippen LogP contribution in [0.4, 0.5) is 10.1 Å². The molecule has 2 N–H and O–H groups in total. The lowest BCUT2D eigenvalue weighted by Crippen LogP contribution is -2.15. The summed E-state index contributed by atoms with van der Waals surface area (Å²) in [6.07, 6.45) is 0. The number of rotatable bonds is 5. The van der Waals surface area contributed by atoms with E-state index < -0.39 is 11.8 Å². The fourth-order valence-corrected chi connectivity index (χ4v) is 1.81. The minimum Gasteiger partial charge on any atom is -0.482 e. The van der Waals surface area contributed by atoms with Crippen LogP contribution in [0.2, 0.25) is 5.02 Å². The van der Waals surface area contributed by atoms with Crippen molar-refractivity contribution < 1.29 is 18.7 Å². The average Bonchev–Trinajstić information content (AvgIpc) is 2.44. The molecule has 4 nitrogen and oxygen atoms in total. The Balaban J connectivity index is 1.82. The molecule has 2 rings (SSSR count). The van der Waals surface area contributed by atoms with E-state index in [0.717, 1.165) is 6.07 Å². The Hall–Kier alpha value is -2.27. The molecule has 0 heterocycles. The molecule has 0 aliphatic heterocycles. The number of carbonyl (C=O) groups excluding carboxylic acids is 1. The average molecular weight is 310 g/mol. The van der Waals surface area contributed by atoms with Crippen LogP contribution in [0.3, 0.4) is 0 Å². The molecular formula is C15H13ClFNO3. The first-order valence-electron chi connectivity index (χ1n) is 6.12. The summed E-state index contributed by atoms with van der Waals surface area (Å²) in [5.74, 6) is -0.523. The van der Waals surface area contributed by atoms with Crippen LogP contribution in [0.5, 0.6) is 5.75 Å². The summed E-state index contributed by atoms with van der Waals surface area (Å²) in [7, 11) is 0. The molecule has 0 bridgehead atoms. The van der Waals surface area contributed by atoms with Gasteiger partial charge in [-0.25, -0.2) is 9.18 Å². The second-order valence-electron chi connectivity index (χ2n) is 4.26. The molecule has 0 aliphatic carbocycles. The van der Waals surface area contributed by atoms with Crippen LogP contribution in [0.15, 0.2) is 42.5 Å². The predicted molar refractivity (Wildman–Crippen MR) is 77.6 cm³/mol. The van der Waals surface area contributed by atoms with Crippen molar-refractivity contribution in [3.63, 3.8) is 0 Å². The number of hydrogen-bond donors (Lipinski definition) is 1. The molecule has 110 valence electrons. The third-order valence-electron chi connectivity index (χ3n) is 2.62. The van der Waals surface area contributed by atoms with E-state index >= 15 is 0 Å². The normalized spacial score (nSPS) is 10.2. The molecule has 21 heavy (non-hydrogen) atoms. The van der Waals surface area contributed by atoms with E-state index in [1.165, 1.54) is 12.1 Å². The van der Waals surface area contributed by atoms with Gasteiger partial charge in [0.15, 0.2) is 6.61 Å². The Morgan fingerprint density at radius 3 is 2.76 bits per heavy atom. The zero-order valence-electron chi connectivity index (χ0n) is 11.0. The van der Waals surface area contributed by atoms with Crippen molar-refractivity contribution >= 4 is 23.3 Å². The molecule has 0 aliphatic rings. The topological polar surface area (TPSA) is 61.5 Å². The summed E-state index contributed by atoms with van der Waals surface area (Å²) in [4.78, 5) is 11.6. The summed E-state index contributed by atoms with van der Waals surface area (Å²) in [6.45, 7) is -0.291. The highest BCUT2D eigenvalue weighted by Crippen LogP contribution is 2.18. The molecule has 0 amide bonds. The predicted octanol–water partition coefficient (Wildman–Crippen LogP) is 3.18. The largest absolute Gasteiger partial charge is 0.482 e. The number of nitrogen functional groups attached to an aromatic ring is 1. The van der Waals surface area contributed by atoms with Crippen LogP contribution in [0, 0.1) is 5.82 Å². The van der Waals surface area contributed by atoms with Crippen molar-refractivity contribution in [2.24, 2.45) is 0 Å². The zero-order valence-corrected chi connectivity index (χ0v) is 11.8. The lowest BCUT2D eigenvalue weighted by Gasteiger charge is -2.08. The SMILES string of the molecule is Nc1cccc(OCC(=O)OCc2ccc(F)cc2Cl)c1. The van der Waals surface area contributed by atoms with Gasteiger partial charge in [0.25, 0.3) is 0 Å². The molecule has 0 unspecified atom stereocenters. The Morgan fingerprint density at radius 1 is 1.24 bits per heavy atom. The maximum Gasteiger partial charge on any atom is 0.344 e. The highest BCUT2D eigenvalue weighted by atomic mass is 35.5. The third kappa shape index (κ3) is 4.65. The second-order valence-corrected chi connectivity index (χ2v) is 4.66. The third-order valence-corrected chi connectivity index (χ3v) is 2.97. The molecule has 0 radical (unpaired) electrons. The standard InChI is InChI=1S/C15H13ClFNO3/c16-14-6-11(17)5-4-10(14)8-21-15(19)9-20-13-3-1-2-12(18)7-13/h1-7H,8-9,18H2. The smallest absolute Gasteiger partial charge is 0.344 e. The number of carbonyl (C=O) groups is 1. The molecule has 0 spiro atoms. The molecule has 2 aromatic rings. The first kappa shape index (κ1) is 15.1. The van der Waals surface area contributed by atoms with Crippen molar-refractivity contribution in [1.29, 1.82) is 0 Å². The molecule has 0 atom stereocenters. The Kier molecular flexibility index (Phi) is 5.00. The summed E-state index contributed by atoms with van der Waals surface area (Å²) in [6, 6.07) is 10.6. The van der Waals surface area contributed by atoms with Crippen molar-refractivity contribution in [1.82, 2.24) is 0 Å². The highest BCUT2D eigenvalue weighted by Gasteiger charge is 2.08. The van der Waals surface area contributed by atoms with Gasteiger partial charge in [0.2, 0.25) is 0 Å². The van der Waals surface area contributed by atoms with E-state index in [1.54, 1.807) is 24.3 Å². The summed E-state index contributed by atoms with van der Waals surface area (Å²) >= 11 is 5.83. The van der Waals surface area contributed by atoms with Gasteiger partial charge in [-0.05, 0) is 24.3 Å². The maximum absolute atomic E-state index is 12.9. The fourth-order valence-electron chi connectivity index (χ4n) is 1.59. The number of halogens is 2. The van der Waals surface area contributed by atoms with Crippen LogP contribution in [0.25, 0.3) is 0 Å². The highest BCUT2D eigenvalue weighted by molar-refractivity contribution is 6.31. The van der Waals surface area contributed by atoms with E-state index in [-0.39, 0.29) is 18.2 Å². The van der Waals surface area contributed by atoms with Crippen LogP contribution in [-0.4, -0.2) is 12.6 Å². The van der Waals surface area contributed by atoms with E-state index in [4.69, 9.17) is 26.8 Å². The lowest BCUT2D eigenvalue weighted by atomic mass is 10.2. The summed E-state index contributed by atoms with van der Waals surface area (Å²) in [5, 5.41) is 0.208. The molecule has 6 heteroatoms. The monoisotopic (exact) mass is 309 g/mol. The Bertz CT molecular complexity index is 649. The van der Waals surface area contributed by atoms with E-state index in [1.807, 2.05) is 0 Å². The molecule has 0 aromatic heterocycles. The maximum atomic E-state index is 12.9. The zero-order chi connectivity index (χ0) is 15.2. The number of anilines is 1. The molecule has 0 saturated heterocycles. The van der Waals surface area contributed by atoms with Crippen LogP contribution in [-0.2, 0) is 16.1 Å². The van der Waals surface area contributed by atoms with Gasteiger partial charge in [0.05, 0.1) is 5.02 Å². The summed E-state index contributed by atoms with van der Waals surface area (Å²) < 4.78 is 23.1. The van der Waals surface area contributed by atoms with E-state index in [0.29, 0.717) is 17.0 Å². The van der Waals surface area contributed by atoms with E-state index in [9.17, 15) is 9.18 Å². The molecule has 0 fully saturated rings. The van der Waals surface area contributed by atoms with Crippen LogP contribution in [0.1, 0.15) is 5.56 Å². The number of ether oxygens (including phenoxy) is 2. The van der Waals surface area contributed by atoms with Gasteiger partial charge >= 0.3 is 5.97 Å². The molecule has 0 saturated carbocycles. The van der Waals surface area contributed by atoms with Crippen molar-refractivity contribution in [2.75, 3.05) is 12.3 Å². The van der Waals surface area contributed by atoms with Gasteiger partial charge in [0.1, 0.15) is 18.2 Å². The van der Waals surface area contributed by atoms with Crippen molar-refractivity contribution in [3.05, 3.63) is 58.9 Å². The minimum absolute atomic E-state index is 0.0434. The van der Waals surface area contributed by atoms with Gasteiger partial charge in [0, 0.05) is 17.3 Å². The fraction of sp³-hybridized carbons (Fsp3) is 0.133. The Morgan fingerprint density at radius 2 is 2.05 bits per heavy atom. The number of esters is 1. The van der Waals surface area contributed by atoms with E-state index in [2.05, 4.69) is 0 Å².